The molecular weight excluding hydrogens is 144 g/mol. The van der Waals surface area contributed by atoms with Crippen LogP contribution in [0.5, 0.6) is 0 Å². The van der Waals surface area contributed by atoms with Gasteiger partial charge in [0.15, 0.2) is 0 Å². The van der Waals surface area contributed by atoms with E-state index in [1.54, 1.807) is 0 Å². The largest absolute Gasteiger partial charge is 0.0623 e. The molecule has 2 unspecified atom stereocenters. The molecule has 2 atom stereocenters. The Bertz CT molecular complexity index is 108. The van der Waals surface area contributed by atoms with Crippen LogP contribution in [0.25, 0.3) is 0 Å². The fourth-order valence-corrected chi connectivity index (χ4v) is 1.19. The van der Waals surface area contributed by atoms with E-state index in [1.165, 1.54) is 12.8 Å². The second kappa shape index (κ2) is 4.89. The van der Waals surface area contributed by atoms with E-state index in [-0.39, 0.29) is 5.41 Å². The van der Waals surface area contributed by atoms with Crippen molar-refractivity contribution < 1.29 is 0 Å². The molecule has 0 aromatic heterocycles. The quantitative estimate of drug-likeness (QED) is 0.579. The van der Waals surface area contributed by atoms with E-state index in [2.05, 4.69) is 41.5 Å². The number of rotatable bonds is 5. The van der Waals surface area contributed by atoms with Gasteiger partial charge < -0.3 is 0 Å². The number of hydrogen-bond acceptors (Lipinski definition) is 0. The van der Waals surface area contributed by atoms with Crippen molar-refractivity contribution in [2.45, 2.75) is 47.0 Å². The maximum atomic E-state index is 4.11. The first-order valence-electron chi connectivity index (χ1n) is 5.01. The van der Waals surface area contributed by atoms with Crippen molar-refractivity contribution in [3.8, 4) is 0 Å². The van der Waals surface area contributed by atoms with Crippen molar-refractivity contribution in [2.24, 2.45) is 17.3 Å². The van der Waals surface area contributed by atoms with Gasteiger partial charge in [-0.15, -0.1) is 0 Å². The molecule has 0 aromatic rings. The maximum absolute atomic E-state index is 4.11. The minimum atomic E-state index is 0.245. The van der Waals surface area contributed by atoms with Crippen LogP contribution in [0.1, 0.15) is 47.0 Å². The Morgan fingerprint density at radius 2 is 1.67 bits per heavy atom. The minimum Gasteiger partial charge on any atom is -0.0623 e. The summed E-state index contributed by atoms with van der Waals surface area (Å²) < 4.78 is 0. The summed E-state index contributed by atoms with van der Waals surface area (Å²) in [5, 5.41) is 0. The zero-order valence-electron chi connectivity index (χ0n) is 9.19. The van der Waals surface area contributed by atoms with E-state index in [1.807, 2.05) is 0 Å². The molecule has 0 saturated carbocycles. The Morgan fingerprint density at radius 3 is 2.00 bits per heavy atom. The van der Waals surface area contributed by atoms with Crippen LogP contribution in [0.15, 0.2) is 0 Å². The molecule has 0 rings (SSSR count). The second-order valence-electron chi connectivity index (χ2n) is 4.95. The zero-order chi connectivity index (χ0) is 9.78. The highest BCUT2D eigenvalue weighted by atomic mass is 14.2. The third-order valence-electron chi connectivity index (χ3n) is 2.70. The summed E-state index contributed by atoms with van der Waals surface area (Å²) in [6.07, 6.45) is 3.56. The molecule has 12 heavy (non-hydrogen) atoms. The molecule has 0 N–H and O–H groups in total. The summed E-state index contributed by atoms with van der Waals surface area (Å²) >= 11 is 0. The molecular formula is C12H24. The van der Waals surface area contributed by atoms with Gasteiger partial charge in [-0.1, -0.05) is 41.0 Å². The van der Waals surface area contributed by atoms with E-state index in [0.717, 1.165) is 18.3 Å². The summed E-state index contributed by atoms with van der Waals surface area (Å²) in [5.41, 5.74) is 0.245. The summed E-state index contributed by atoms with van der Waals surface area (Å²) in [6.45, 7) is 17.1. The molecule has 0 saturated heterocycles. The highest BCUT2D eigenvalue weighted by Crippen LogP contribution is 2.27. The molecule has 0 aliphatic heterocycles. The van der Waals surface area contributed by atoms with E-state index < -0.39 is 0 Å². The first-order chi connectivity index (χ1) is 5.37. The number of hydrogen-bond donors (Lipinski definition) is 0. The smallest absolute Gasteiger partial charge is 0.0354 e. The average Bonchev–Trinajstić information content (AvgIpc) is 1.97. The Kier molecular flexibility index (Phi) is 4.89. The normalized spacial score (nSPS) is 17.5. The maximum Gasteiger partial charge on any atom is -0.0354 e. The van der Waals surface area contributed by atoms with Crippen LogP contribution in [-0.2, 0) is 0 Å². The van der Waals surface area contributed by atoms with Gasteiger partial charge in [0, 0.05) is 0 Å². The molecule has 0 fully saturated rings. The fraction of sp³-hybridized carbons (Fsp3) is 0.833. The predicted molar refractivity (Wildman–Crippen MR) is 56.7 cm³/mol. The summed E-state index contributed by atoms with van der Waals surface area (Å²) in [5.74, 6) is 1.55. The lowest BCUT2D eigenvalue weighted by Crippen LogP contribution is -2.12. The molecule has 0 heterocycles. The summed E-state index contributed by atoms with van der Waals surface area (Å²) in [7, 11) is 0. The first kappa shape index (κ1) is 12.0. The van der Waals surface area contributed by atoms with Crippen LogP contribution < -0.4 is 0 Å². The summed E-state index contributed by atoms with van der Waals surface area (Å²) in [4.78, 5) is 0. The van der Waals surface area contributed by atoms with Crippen molar-refractivity contribution >= 4 is 0 Å². The third kappa shape index (κ3) is 5.62. The van der Waals surface area contributed by atoms with E-state index >= 15 is 0 Å². The van der Waals surface area contributed by atoms with Gasteiger partial charge in [0.25, 0.3) is 0 Å². The second-order valence-corrected chi connectivity index (χ2v) is 4.95. The van der Waals surface area contributed by atoms with Crippen molar-refractivity contribution in [1.82, 2.24) is 0 Å². The van der Waals surface area contributed by atoms with Crippen LogP contribution in [-0.4, -0.2) is 0 Å². The van der Waals surface area contributed by atoms with Crippen LogP contribution in [0.2, 0.25) is 0 Å². The van der Waals surface area contributed by atoms with Gasteiger partial charge in [-0.05, 0) is 37.0 Å². The Morgan fingerprint density at radius 1 is 1.17 bits per heavy atom. The topological polar surface area (TPSA) is 0 Å². The average molecular weight is 168 g/mol. The van der Waals surface area contributed by atoms with E-state index in [4.69, 9.17) is 0 Å². The third-order valence-corrected chi connectivity index (χ3v) is 2.70. The van der Waals surface area contributed by atoms with Gasteiger partial charge in [-0.3, -0.25) is 0 Å². The molecule has 0 nitrogen and oxygen atoms in total. The standard InChI is InChI=1S/C12H24/c1-7-10(2)11(3)8-9-12(4,5)6/h10-11H,1,4,7-9H2,2-3,5-6H3. The minimum absolute atomic E-state index is 0.245. The fourth-order valence-electron chi connectivity index (χ4n) is 1.19. The lowest BCUT2D eigenvalue weighted by molar-refractivity contribution is 0.305. The van der Waals surface area contributed by atoms with Crippen LogP contribution in [0.3, 0.4) is 0 Å². The highest BCUT2D eigenvalue weighted by molar-refractivity contribution is 4.73. The monoisotopic (exact) mass is 168 g/mol. The molecule has 0 aromatic carbocycles. The predicted octanol–water partition coefficient (Wildman–Crippen LogP) is 4.12. The van der Waals surface area contributed by atoms with Gasteiger partial charge in [0.05, 0.1) is 0 Å². The molecule has 2 radical (unpaired) electrons. The van der Waals surface area contributed by atoms with Crippen LogP contribution in [0.4, 0.5) is 0 Å². The molecule has 0 aliphatic rings. The lowest BCUT2D eigenvalue weighted by Gasteiger charge is -2.23. The molecule has 0 amide bonds. The van der Waals surface area contributed by atoms with Gasteiger partial charge in [0.2, 0.25) is 0 Å². The lowest BCUT2D eigenvalue weighted by atomic mass is 9.82. The first-order valence-corrected chi connectivity index (χ1v) is 5.01. The summed E-state index contributed by atoms with van der Waals surface area (Å²) in [6, 6.07) is 0. The SMILES string of the molecule is [CH2]CC(C)C(C)CCC([CH2])(C)C. The molecule has 0 spiro atoms. The Labute approximate surface area is 78.8 Å². The van der Waals surface area contributed by atoms with Crippen molar-refractivity contribution in [3.63, 3.8) is 0 Å². The van der Waals surface area contributed by atoms with Crippen LogP contribution in [0, 0.1) is 31.1 Å². The van der Waals surface area contributed by atoms with Crippen molar-refractivity contribution in [3.05, 3.63) is 13.8 Å². The van der Waals surface area contributed by atoms with Crippen molar-refractivity contribution in [1.29, 1.82) is 0 Å². The van der Waals surface area contributed by atoms with Crippen LogP contribution >= 0.6 is 0 Å². The van der Waals surface area contributed by atoms with Gasteiger partial charge >= 0.3 is 0 Å². The zero-order valence-corrected chi connectivity index (χ0v) is 9.19. The van der Waals surface area contributed by atoms with Gasteiger partial charge in [0.1, 0.15) is 0 Å². The highest BCUT2D eigenvalue weighted by Gasteiger charge is 2.15. The van der Waals surface area contributed by atoms with E-state index in [9.17, 15) is 0 Å². The Hall–Kier alpha value is 0. The molecule has 72 valence electrons. The molecule has 0 aliphatic carbocycles. The van der Waals surface area contributed by atoms with Gasteiger partial charge in [-0.25, -0.2) is 0 Å². The van der Waals surface area contributed by atoms with E-state index in [0.29, 0.717) is 0 Å². The Balaban J connectivity index is 3.64. The van der Waals surface area contributed by atoms with Gasteiger partial charge in [-0.2, -0.15) is 0 Å². The molecule has 0 bridgehead atoms. The molecule has 0 heteroatoms. The van der Waals surface area contributed by atoms with Crippen molar-refractivity contribution in [2.75, 3.05) is 0 Å².